The number of thiophene rings is 1. The van der Waals surface area contributed by atoms with Crippen molar-refractivity contribution in [2.75, 3.05) is 6.54 Å². The van der Waals surface area contributed by atoms with Crippen molar-refractivity contribution in [2.24, 2.45) is 4.99 Å². The van der Waals surface area contributed by atoms with Crippen molar-refractivity contribution < 1.29 is 0 Å². The average Bonchev–Trinajstić information content (AvgIpc) is 3.72. The molecule has 4 aromatic heterocycles. The van der Waals surface area contributed by atoms with Gasteiger partial charge in [-0.05, 0) is 24.3 Å². The van der Waals surface area contributed by atoms with Crippen molar-refractivity contribution >= 4 is 59.5 Å². The van der Waals surface area contributed by atoms with Crippen molar-refractivity contribution in [1.29, 1.82) is 0 Å². The molecule has 0 amide bonds. The molecular weight excluding hydrogens is 549 g/mol. The number of hydrogen-bond donors (Lipinski definition) is 1. The van der Waals surface area contributed by atoms with Crippen LogP contribution in [0.15, 0.2) is 133 Å². The first-order chi connectivity index (χ1) is 21.3. The largest absolute Gasteiger partial charge is 0.352 e. The fraction of sp³-hybridized carbons (Fsp3) is 0.0278. The van der Waals surface area contributed by atoms with E-state index in [1.165, 1.54) is 20.2 Å². The van der Waals surface area contributed by atoms with Crippen LogP contribution in [0.1, 0.15) is 0 Å². The first-order valence-electron chi connectivity index (χ1n) is 14.3. The maximum atomic E-state index is 5.24. The summed E-state index contributed by atoms with van der Waals surface area (Å²) in [7, 11) is 0. The Labute approximate surface area is 250 Å². The third-order valence-electron chi connectivity index (χ3n) is 8.03. The van der Waals surface area contributed by atoms with Crippen LogP contribution in [0.3, 0.4) is 0 Å². The van der Waals surface area contributed by atoms with E-state index in [0.717, 1.165) is 57.1 Å². The predicted octanol–water partition coefficient (Wildman–Crippen LogP) is 8.40. The number of rotatable bonds is 3. The quantitative estimate of drug-likeness (QED) is 0.231. The van der Waals surface area contributed by atoms with Gasteiger partial charge in [-0.3, -0.25) is 9.13 Å². The first kappa shape index (κ1) is 24.1. The zero-order valence-electron chi connectivity index (χ0n) is 23.0. The van der Waals surface area contributed by atoms with E-state index in [9.17, 15) is 0 Å². The number of fused-ring (bicyclic) bond motifs is 7. The van der Waals surface area contributed by atoms with E-state index in [-0.39, 0.29) is 0 Å². The number of nitrogens with zero attached hydrogens (tertiary/aromatic N) is 5. The van der Waals surface area contributed by atoms with Crippen molar-refractivity contribution in [1.82, 2.24) is 24.4 Å². The zero-order chi connectivity index (χ0) is 28.3. The van der Waals surface area contributed by atoms with Gasteiger partial charge in [0.25, 0.3) is 0 Å². The summed E-state index contributed by atoms with van der Waals surface area (Å²) < 4.78 is 6.95. The maximum absolute atomic E-state index is 5.24. The molecule has 0 spiro atoms. The SMILES string of the molecule is C1=CN=C(n2c3ccccc3c3sc4c5ccccc5n(-c5nc(-c6ccccc6)cc(-c6ccccc6)n5)c4c32)NC1. The minimum atomic E-state index is 0.640. The van der Waals surface area contributed by atoms with Gasteiger partial charge in [0.15, 0.2) is 0 Å². The molecule has 0 bridgehead atoms. The van der Waals surface area contributed by atoms with Gasteiger partial charge in [-0.1, -0.05) is 97.1 Å². The van der Waals surface area contributed by atoms with Crippen LogP contribution in [0.2, 0.25) is 0 Å². The molecule has 1 N–H and O–H groups in total. The fourth-order valence-corrected chi connectivity index (χ4v) is 7.48. The molecule has 204 valence electrons. The molecule has 8 aromatic rings. The van der Waals surface area contributed by atoms with Gasteiger partial charge in [-0.15, -0.1) is 11.3 Å². The Hall–Kier alpha value is -5.53. The molecule has 1 aliphatic rings. The molecule has 0 saturated heterocycles. The molecule has 9 rings (SSSR count). The highest BCUT2D eigenvalue weighted by molar-refractivity contribution is 7.27. The van der Waals surface area contributed by atoms with Gasteiger partial charge in [-0.25, -0.2) is 15.0 Å². The Morgan fingerprint density at radius 3 is 1.72 bits per heavy atom. The van der Waals surface area contributed by atoms with E-state index >= 15 is 0 Å². The lowest BCUT2D eigenvalue weighted by Gasteiger charge is -2.15. The third kappa shape index (κ3) is 3.68. The molecule has 0 atom stereocenters. The molecular formula is C36H24N6S. The number of hydrogen-bond acceptors (Lipinski definition) is 5. The summed E-state index contributed by atoms with van der Waals surface area (Å²) in [4.78, 5) is 15.3. The van der Waals surface area contributed by atoms with Gasteiger partial charge in [0, 0.05) is 34.6 Å². The molecule has 1 aliphatic heterocycles. The average molecular weight is 573 g/mol. The number of para-hydroxylation sites is 2. The van der Waals surface area contributed by atoms with E-state index in [0.29, 0.717) is 5.95 Å². The molecule has 0 saturated carbocycles. The Kier molecular flexibility index (Phi) is 5.33. The topological polar surface area (TPSA) is 60.0 Å². The van der Waals surface area contributed by atoms with Crippen LogP contribution in [-0.2, 0) is 0 Å². The normalized spacial score (nSPS) is 13.3. The zero-order valence-corrected chi connectivity index (χ0v) is 23.8. The minimum Gasteiger partial charge on any atom is -0.352 e. The highest BCUT2D eigenvalue weighted by Crippen LogP contribution is 2.46. The third-order valence-corrected chi connectivity index (χ3v) is 9.27. The molecule has 0 fully saturated rings. The van der Waals surface area contributed by atoms with Crippen LogP contribution in [0.25, 0.3) is 70.7 Å². The molecule has 6 nitrogen and oxygen atoms in total. The molecule has 5 heterocycles. The standard InChI is InChI=1S/C36H24N6S/c1-3-12-23(13-4-1)27-22-28(24-14-5-2-6-15-24)40-36(39-27)42-30-19-10-8-17-26(30)34-32(42)31-33(43-34)25-16-7-9-18-29(25)41(31)35-37-20-11-21-38-35/h1-20,22H,21H2,(H,37,38). The van der Waals surface area contributed by atoms with Gasteiger partial charge in [0.05, 0.1) is 42.9 Å². The Morgan fingerprint density at radius 1 is 0.605 bits per heavy atom. The Balaban J connectivity index is 1.45. The monoisotopic (exact) mass is 572 g/mol. The van der Waals surface area contributed by atoms with Gasteiger partial charge in [-0.2, -0.15) is 0 Å². The minimum absolute atomic E-state index is 0.640. The van der Waals surface area contributed by atoms with Crippen LogP contribution in [0, 0.1) is 0 Å². The summed E-state index contributed by atoms with van der Waals surface area (Å²) in [6, 6.07) is 39.9. The summed E-state index contributed by atoms with van der Waals surface area (Å²) >= 11 is 1.82. The Morgan fingerprint density at radius 2 is 1.14 bits per heavy atom. The second-order valence-corrected chi connectivity index (χ2v) is 11.6. The predicted molar refractivity (Wildman–Crippen MR) is 178 cm³/mol. The molecule has 4 aromatic carbocycles. The number of nitrogens with one attached hydrogen (secondary N) is 1. The van der Waals surface area contributed by atoms with E-state index in [1.807, 2.05) is 35.7 Å². The summed E-state index contributed by atoms with van der Waals surface area (Å²) in [6.45, 7) is 0.728. The summed E-state index contributed by atoms with van der Waals surface area (Å²) in [5.74, 6) is 1.45. The van der Waals surface area contributed by atoms with Crippen LogP contribution in [0.5, 0.6) is 0 Å². The van der Waals surface area contributed by atoms with Crippen LogP contribution < -0.4 is 5.32 Å². The summed E-state index contributed by atoms with van der Waals surface area (Å²) in [5, 5.41) is 5.89. The number of benzene rings is 4. The van der Waals surface area contributed by atoms with Crippen molar-refractivity contribution in [3.63, 3.8) is 0 Å². The van der Waals surface area contributed by atoms with E-state index in [1.54, 1.807) is 0 Å². The summed E-state index contributed by atoms with van der Waals surface area (Å²) in [5.41, 5.74) is 8.24. The number of aliphatic imine (C=N–C) groups is 1. The van der Waals surface area contributed by atoms with E-state index < -0.39 is 0 Å². The van der Waals surface area contributed by atoms with Gasteiger partial charge in [0.2, 0.25) is 11.9 Å². The van der Waals surface area contributed by atoms with Crippen LogP contribution >= 0.6 is 11.3 Å². The lowest BCUT2D eigenvalue weighted by molar-refractivity contribution is 0.953. The smallest absolute Gasteiger partial charge is 0.235 e. The lowest BCUT2D eigenvalue weighted by atomic mass is 10.1. The van der Waals surface area contributed by atoms with E-state index in [2.05, 4.69) is 118 Å². The van der Waals surface area contributed by atoms with Crippen molar-refractivity contribution in [2.45, 2.75) is 0 Å². The number of aromatic nitrogens is 4. The Bertz CT molecular complexity index is 2340. The molecule has 7 heteroatoms. The highest BCUT2D eigenvalue weighted by Gasteiger charge is 2.26. The fourth-order valence-electron chi connectivity index (χ4n) is 6.14. The van der Waals surface area contributed by atoms with Gasteiger partial charge < -0.3 is 5.32 Å². The van der Waals surface area contributed by atoms with Crippen molar-refractivity contribution in [3.05, 3.63) is 128 Å². The molecule has 43 heavy (non-hydrogen) atoms. The second-order valence-electron chi connectivity index (χ2n) is 10.6. The maximum Gasteiger partial charge on any atom is 0.235 e. The highest BCUT2D eigenvalue weighted by atomic mass is 32.1. The van der Waals surface area contributed by atoms with Crippen LogP contribution in [-0.4, -0.2) is 31.6 Å². The molecule has 0 aliphatic carbocycles. The second kappa shape index (κ2) is 9.51. The lowest BCUT2D eigenvalue weighted by Crippen LogP contribution is -2.31. The van der Waals surface area contributed by atoms with Crippen molar-refractivity contribution in [3.8, 4) is 28.5 Å². The first-order valence-corrected chi connectivity index (χ1v) is 15.1. The van der Waals surface area contributed by atoms with E-state index in [4.69, 9.17) is 15.0 Å². The summed E-state index contributed by atoms with van der Waals surface area (Å²) in [6.07, 6.45) is 3.91. The van der Waals surface area contributed by atoms with Gasteiger partial charge in [0.1, 0.15) is 0 Å². The van der Waals surface area contributed by atoms with Gasteiger partial charge >= 0.3 is 0 Å². The molecule has 0 radical (unpaired) electrons. The molecule has 0 unspecified atom stereocenters. The van der Waals surface area contributed by atoms with Crippen LogP contribution in [0.4, 0.5) is 0 Å².